The predicted octanol–water partition coefficient (Wildman–Crippen LogP) is 3.58. The van der Waals surface area contributed by atoms with E-state index in [9.17, 15) is 0 Å². The Labute approximate surface area is 123 Å². The summed E-state index contributed by atoms with van der Waals surface area (Å²) in [7, 11) is 1.99. The molecule has 19 heavy (non-hydrogen) atoms. The van der Waals surface area contributed by atoms with Gasteiger partial charge in [0.05, 0.1) is 11.7 Å². The maximum Gasteiger partial charge on any atom is 0.0759 e. The minimum atomic E-state index is 0.168. The zero-order chi connectivity index (χ0) is 13.8. The third kappa shape index (κ3) is 3.25. The van der Waals surface area contributed by atoms with Crippen LogP contribution in [0.3, 0.4) is 0 Å². The molecule has 0 aliphatic rings. The van der Waals surface area contributed by atoms with Gasteiger partial charge in [-0.1, -0.05) is 40.5 Å². The maximum absolute atomic E-state index is 4.28. The summed E-state index contributed by atoms with van der Waals surface area (Å²) in [5.41, 5.74) is 3.71. The van der Waals surface area contributed by atoms with Gasteiger partial charge in [0.2, 0.25) is 0 Å². The van der Waals surface area contributed by atoms with Crippen molar-refractivity contribution in [1.29, 1.82) is 0 Å². The third-order valence-electron chi connectivity index (χ3n) is 3.22. The smallest absolute Gasteiger partial charge is 0.0759 e. The van der Waals surface area contributed by atoms with E-state index < -0.39 is 0 Å². The molecule has 0 saturated heterocycles. The Bertz CT molecular complexity index is 548. The van der Waals surface area contributed by atoms with Crippen LogP contribution in [0.25, 0.3) is 0 Å². The van der Waals surface area contributed by atoms with E-state index >= 15 is 0 Å². The minimum absolute atomic E-state index is 0.168. The molecule has 0 radical (unpaired) electrons. The molecule has 2 rings (SSSR count). The highest BCUT2D eigenvalue weighted by molar-refractivity contribution is 9.10. The molecule has 3 nitrogen and oxygen atoms in total. The van der Waals surface area contributed by atoms with E-state index in [0.29, 0.717) is 0 Å². The van der Waals surface area contributed by atoms with E-state index in [0.717, 1.165) is 17.4 Å². The molecule has 0 aliphatic carbocycles. The molecule has 1 heterocycles. The normalized spacial score (nSPS) is 12.6. The van der Waals surface area contributed by atoms with E-state index in [2.05, 4.69) is 64.5 Å². The number of aromatic nitrogens is 2. The Balaban J connectivity index is 2.42. The molecule has 1 unspecified atom stereocenters. The average molecular weight is 322 g/mol. The molecule has 0 aliphatic heterocycles. The molecule has 0 spiro atoms. The van der Waals surface area contributed by atoms with Crippen molar-refractivity contribution >= 4 is 15.9 Å². The SMILES string of the molecule is CCCNC(c1cc(C)ccc1Br)c1ccnn1C. The maximum atomic E-state index is 4.28. The van der Waals surface area contributed by atoms with Crippen molar-refractivity contribution in [3.8, 4) is 0 Å². The standard InChI is InChI=1S/C15H20BrN3/c1-4-8-17-15(14-7-9-18-19(14)3)12-10-11(2)5-6-13(12)16/h5-7,9-10,15,17H,4,8H2,1-3H3. The summed E-state index contributed by atoms with van der Waals surface area (Å²) < 4.78 is 3.06. The Morgan fingerprint density at radius 2 is 2.16 bits per heavy atom. The van der Waals surface area contributed by atoms with Crippen molar-refractivity contribution in [2.75, 3.05) is 6.54 Å². The second-order valence-corrected chi connectivity index (χ2v) is 5.65. The first kappa shape index (κ1) is 14.3. The number of halogens is 1. The highest BCUT2D eigenvalue weighted by Gasteiger charge is 2.19. The largest absolute Gasteiger partial charge is 0.305 e. The number of hydrogen-bond donors (Lipinski definition) is 1. The molecule has 0 bridgehead atoms. The van der Waals surface area contributed by atoms with Gasteiger partial charge in [-0.3, -0.25) is 4.68 Å². The van der Waals surface area contributed by atoms with Crippen molar-refractivity contribution < 1.29 is 0 Å². The number of nitrogens with one attached hydrogen (secondary N) is 1. The van der Waals surface area contributed by atoms with Crippen LogP contribution in [0.1, 0.15) is 36.2 Å². The monoisotopic (exact) mass is 321 g/mol. The molecule has 1 aromatic carbocycles. The summed E-state index contributed by atoms with van der Waals surface area (Å²) in [6, 6.07) is 8.70. The van der Waals surface area contributed by atoms with E-state index in [-0.39, 0.29) is 6.04 Å². The summed E-state index contributed by atoms with van der Waals surface area (Å²) in [4.78, 5) is 0. The topological polar surface area (TPSA) is 29.9 Å². The van der Waals surface area contributed by atoms with Gasteiger partial charge in [0.25, 0.3) is 0 Å². The van der Waals surface area contributed by atoms with Crippen molar-refractivity contribution in [3.05, 3.63) is 51.8 Å². The third-order valence-corrected chi connectivity index (χ3v) is 3.94. The number of rotatable bonds is 5. The second-order valence-electron chi connectivity index (χ2n) is 4.79. The van der Waals surface area contributed by atoms with Crippen molar-refractivity contribution in [3.63, 3.8) is 0 Å². The average Bonchev–Trinajstić information content (AvgIpc) is 2.80. The fraction of sp³-hybridized carbons (Fsp3) is 0.400. The Morgan fingerprint density at radius 3 is 2.79 bits per heavy atom. The van der Waals surface area contributed by atoms with Gasteiger partial charge in [0, 0.05) is 17.7 Å². The molecule has 0 fully saturated rings. The van der Waals surface area contributed by atoms with Gasteiger partial charge in [0.15, 0.2) is 0 Å². The summed E-state index contributed by atoms with van der Waals surface area (Å²) in [5.74, 6) is 0. The first-order valence-corrected chi connectivity index (χ1v) is 7.40. The fourth-order valence-corrected chi connectivity index (χ4v) is 2.69. The quantitative estimate of drug-likeness (QED) is 0.912. The molecule has 2 aromatic rings. The lowest BCUT2D eigenvalue weighted by atomic mass is 10.0. The van der Waals surface area contributed by atoms with Crippen molar-refractivity contribution in [1.82, 2.24) is 15.1 Å². The second kappa shape index (κ2) is 6.35. The van der Waals surface area contributed by atoms with Crippen LogP contribution < -0.4 is 5.32 Å². The molecule has 1 aromatic heterocycles. The lowest BCUT2D eigenvalue weighted by Crippen LogP contribution is -2.25. The van der Waals surface area contributed by atoms with Gasteiger partial charge in [-0.25, -0.2) is 0 Å². The Kier molecular flexibility index (Phi) is 4.77. The fourth-order valence-electron chi connectivity index (χ4n) is 2.21. The molecule has 0 amide bonds. The van der Waals surface area contributed by atoms with Crippen LogP contribution in [-0.2, 0) is 7.05 Å². The van der Waals surface area contributed by atoms with Crippen molar-refractivity contribution in [2.45, 2.75) is 26.3 Å². The van der Waals surface area contributed by atoms with E-state index in [1.165, 1.54) is 16.8 Å². The predicted molar refractivity (Wildman–Crippen MR) is 82.2 cm³/mol. The number of benzene rings is 1. The minimum Gasteiger partial charge on any atom is -0.305 e. The van der Waals surface area contributed by atoms with E-state index in [1.807, 2.05) is 17.9 Å². The van der Waals surface area contributed by atoms with Gasteiger partial charge in [0.1, 0.15) is 0 Å². The Hall–Kier alpha value is -1.13. The molecular weight excluding hydrogens is 302 g/mol. The number of hydrogen-bond acceptors (Lipinski definition) is 2. The number of aryl methyl sites for hydroxylation is 2. The van der Waals surface area contributed by atoms with Crippen LogP contribution in [0.4, 0.5) is 0 Å². The molecule has 1 N–H and O–H groups in total. The summed E-state index contributed by atoms with van der Waals surface area (Å²) in [6.07, 6.45) is 2.96. The lowest BCUT2D eigenvalue weighted by Gasteiger charge is -2.21. The van der Waals surface area contributed by atoms with Crippen LogP contribution in [0.5, 0.6) is 0 Å². The molecule has 4 heteroatoms. The van der Waals surface area contributed by atoms with Gasteiger partial charge in [-0.15, -0.1) is 0 Å². The lowest BCUT2D eigenvalue weighted by molar-refractivity contribution is 0.552. The highest BCUT2D eigenvalue weighted by Crippen LogP contribution is 2.29. The summed E-state index contributed by atoms with van der Waals surface area (Å²) in [6.45, 7) is 5.28. The first-order chi connectivity index (χ1) is 9.13. The van der Waals surface area contributed by atoms with Crippen LogP contribution in [0.15, 0.2) is 34.9 Å². The first-order valence-electron chi connectivity index (χ1n) is 6.60. The van der Waals surface area contributed by atoms with E-state index in [4.69, 9.17) is 0 Å². The summed E-state index contributed by atoms with van der Waals surface area (Å²) in [5, 5.41) is 7.89. The summed E-state index contributed by atoms with van der Waals surface area (Å²) >= 11 is 3.66. The van der Waals surface area contributed by atoms with E-state index in [1.54, 1.807) is 0 Å². The molecule has 102 valence electrons. The molecule has 0 saturated carbocycles. The number of nitrogens with zero attached hydrogens (tertiary/aromatic N) is 2. The van der Waals surface area contributed by atoms with Crippen LogP contribution in [-0.4, -0.2) is 16.3 Å². The molecular formula is C15H20BrN3. The zero-order valence-electron chi connectivity index (χ0n) is 11.7. The van der Waals surface area contributed by atoms with Crippen LogP contribution >= 0.6 is 15.9 Å². The van der Waals surface area contributed by atoms with Crippen LogP contribution in [0.2, 0.25) is 0 Å². The van der Waals surface area contributed by atoms with Gasteiger partial charge in [-0.05, 0) is 37.6 Å². The van der Waals surface area contributed by atoms with Crippen molar-refractivity contribution in [2.24, 2.45) is 7.05 Å². The van der Waals surface area contributed by atoms with Crippen LogP contribution in [0, 0.1) is 6.92 Å². The highest BCUT2D eigenvalue weighted by atomic mass is 79.9. The Morgan fingerprint density at radius 1 is 1.37 bits per heavy atom. The zero-order valence-corrected chi connectivity index (χ0v) is 13.2. The van der Waals surface area contributed by atoms with Gasteiger partial charge >= 0.3 is 0 Å². The molecule has 1 atom stereocenters. The van der Waals surface area contributed by atoms with Gasteiger partial charge < -0.3 is 5.32 Å². The van der Waals surface area contributed by atoms with Gasteiger partial charge in [-0.2, -0.15) is 5.10 Å².